The average Bonchev–Trinajstić information content (AvgIpc) is 1.91. The van der Waals surface area contributed by atoms with Crippen LogP contribution in [-0.4, -0.2) is 4.37 Å². The van der Waals surface area contributed by atoms with Crippen LogP contribution in [0.5, 0.6) is 0 Å². The number of rotatable bonds is 0. The first-order valence-corrected chi connectivity index (χ1v) is 4.49. The fraction of sp³-hybridized carbons (Fsp3) is 0. The number of nitrogens with zero attached hydrogens (tertiary/aromatic N) is 1. The molecule has 0 bridgehead atoms. The quantitative estimate of drug-likeness (QED) is 0.663. The molecule has 0 aromatic carbocycles. The Morgan fingerprint density at radius 2 is 2.29 bits per heavy atom. The van der Waals surface area contributed by atoms with Crippen molar-refractivity contribution < 1.29 is 0 Å². The molecule has 0 saturated heterocycles. The minimum Gasteiger partial charge on any atom is -0.199 e. The lowest BCUT2D eigenvalue weighted by atomic mass is 10.8. The van der Waals surface area contributed by atoms with Crippen molar-refractivity contribution in [1.82, 2.24) is 4.37 Å². The molecule has 7 heavy (non-hydrogen) atoms. The summed E-state index contributed by atoms with van der Waals surface area (Å²) in [5.74, 6) is 0. The summed E-state index contributed by atoms with van der Waals surface area (Å²) in [6.45, 7) is 0. The van der Waals surface area contributed by atoms with Gasteiger partial charge in [-0.05, 0) is 56.7 Å². The van der Waals surface area contributed by atoms with Gasteiger partial charge >= 0.3 is 0 Å². The fourth-order valence-corrected chi connectivity index (χ4v) is 1.71. The highest BCUT2D eigenvalue weighted by molar-refractivity contribution is 14.1. The topological polar surface area (TPSA) is 12.9 Å². The zero-order valence-corrected chi connectivity index (χ0v) is 8.32. The molecule has 0 aliphatic rings. The molecular weight excluding hydrogens is 336 g/mol. The Morgan fingerprint density at radius 1 is 1.57 bits per heavy atom. The van der Waals surface area contributed by atoms with E-state index < -0.39 is 0 Å². The van der Waals surface area contributed by atoms with Gasteiger partial charge in [0.2, 0.25) is 0 Å². The second kappa shape index (κ2) is 2.58. The summed E-state index contributed by atoms with van der Waals surface area (Å²) < 4.78 is 6.48. The van der Waals surface area contributed by atoms with Gasteiger partial charge in [0.05, 0.1) is 12.7 Å². The summed E-state index contributed by atoms with van der Waals surface area (Å²) >= 11 is 6.06. The van der Waals surface area contributed by atoms with Crippen molar-refractivity contribution in [2.24, 2.45) is 0 Å². The molecule has 0 aliphatic carbocycles. The van der Waals surface area contributed by atoms with E-state index in [4.69, 9.17) is 0 Å². The molecule has 0 radical (unpaired) electrons. The average molecular weight is 337 g/mol. The normalized spacial score (nSPS) is 9.43. The van der Waals surface area contributed by atoms with Crippen LogP contribution in [0.4, 0.5) is 0 Å². The van der Waals surface area contributed by atoms with Crippen molar-refractivity contribution in [3.63, 3.8) is 0 Å². The summed E-state index contributed by atoms with van der Waals surface area (Å²) in [5.41, 5.74) is 0. The Balaban J connectivity index is 3.12. The van der Waals surface area contributed by atoms with Gasteiger partial charge in [0.1, 0.15) is 0 Å². The summed E-state index contributed by atoms with van der Waals surface area (Å²) in [6, 6.07) is 0. The summed E-state index contributed by atoms with van der Waals surface area (Å²) in [6.07, 6.45) is 1.87. The van der Waals surface area contributed by atoms with Crippen LogP contribution in [0.15, 0.2) is 6.20 Å². The van der Waals surface area contributed by atoms with Gasteiger partial charge in [0.15, 0.2) is 0 Å². The predicted molar refractivity (Wildman–Crippen MR) is 47.5 cm³/mol. The zero-order valence-electron chi connectivity index (χ0n) is 3.19. The minimum absolute atomic E-state index is 1.25. The highest BCUT2D eigenvalue weighted by atomic mass is 127. The van der Waals surface area contributed by atoms with Crippen LogP contribution in [0.25, 0.3) is 0 Å². The second-order valence-corrected chi connectivity index (χ2v) is 4.72. The molecule has 1 nitrogen and oxygen atoms in total. The first kappa shape index (κ1) is 6.21. The minimum atomic E-state index is 1.25. The van der Waals surface area contributed by atoms with Gasteiger partial charge in [-0.2, -0.15) is 4.37 Å². The van der Waals surface area contributed by atoms with E-state index >= 15 is 0 Å². The van der Waals surface area contributed by atoms with Gasteiger partial charge in [-0.15, -0.1) is 0 Å². The van der Waals surface area contributed by atoms with Gasteiger partial charge in [-0.3, -0.25) is 0 Å². The van der Waals surface area contributed by atoms with Crippen LogP contribution in [0.2, 0.25) is 0 Å². The molecule has 0 N–H and O–H groups in total. The SMILES string of the molecule is Ic1cnsc1I. The highest BCUT2D eigenvalue weighted by Gasteiger charge is 1.93. The maximum atomic E-state index is 3.95. The third-order valence-electron chi connectivity index (χ3n) is 0.487. The molecular formula is C3HI2NS. The molecule has 0 spiro atoms. The number of aromatic nitrogens is 1. The van der Waals surface area contributed by atoms with Gasteiger partial charge in [-0.25, -0.2) is 0 Å². The Morgan fingerprint density at radius 3 is 2.43 bits per heavy atom. The summed E-state index contributed by atoms with van der Waals surface area (Å²) in [7, 11) is 0. The molecule has 38 valence electrons. The largest absolute Gasteiger partial charge is 0.199 e. The summed E-state index contributed by atoms with van der Waals surface area (Å²) in [5, 5.41) is 0. The molecule has 1 heterocycles. The van der Waals surface area contributed by atoms with E-state index in [1.54, 1.807) is 0 Å². The molecule has 1 rings (SSSR count). The molecule has 4 heteroatoms. The van der Waals surface area contributed by atoms with Gasteiger partial charge < -0.3 is 0 Å². The maximum absolute atomic E-state index is 3.95. The van der Waals surface area contributed by atoms with Crippen molar-refractivity contribution in [1.29, 1.82) is 0 Å². The molecule has 1 aromatic heterocycles. The third kappa shape index (κ3) is 1.49. The second-order valence-electron chi connectivity index (χ2n) is 0.947. The van der Waals surface area contributed by atoms with Crippen molar-refractivity contribution in [2.75, 3.05) is 0 Å². The van der Waals surface area contributed by atoms with Crippen molar-refractivity contribution in [2.45, 2.75) is 0 Å². The number of hydrogen-bond donors (Lipinski definition) is 0. The Labute approximate surface area is 73.0 Å². The van der Waals surface area contributed by atoms with Crippen LogP contribution >= 0.6 is 56.7 Å². The first-order chi connectivity index (χ1) is 3.30. The van der Waals surface area contributed by atoms with E-state index in [1.807, 2.05) is 6.20 Å². The van der Waals surface area contributed by atoms with E-state index in [-0.39, 0.29) is 0 Å². The summed E-state index contributed by atoms with van der Waals surface area (Å²) in [4.78, 5) is 0. The lowest BCUT2D eigenvalue weighted by molar-refractivity contribution is 1.55. The van der Waals surface area contributed by atoms with Crippen molar-refractivity contribution in [3.8, 4) is 0 Å². The van der Waals surface area contributed by atoms with Gasteiger partial charge in [0, 0.05) is 0 Å². The third-order valence-corrected chi connectivity index (χ3v) is 4.47. The van der Waals surface area contributed by atoms with Crippen LogP contribution in [-0.2, 0) is 0 Å². The lowest BCUT2D eigenvalue weighted by Gasteiger charge is -1.72. The van der Waals surface area contributed by atoms with Crippen molar-refractivity contribution >= 4 is 56.7 Å². The number of halogens is 2. The fourth-order valence-electron chi connectivity index (χ4n) is 0.213. The molecule has 1 aromatic rings. The van der Waals surface area contributed by atoms with E-state index in [0.717, 1.165) is 0 Å². The number of hydrogen-bond acceptors (Lipinski definition) is 2. The maximum Gasteiger partial charge on any atom is 0.0993 e. The molecule has 0 amide bonds. The Hall–Kier alpha value is 1.09. The van der Waals surface area contributed by atoms with Crippen LogP contribution in [0, 0.1) is 6.45 Å². The van der Waals surface area contributed by atoms with E-state index in [1.165, 1.54) is 18.0 Å². The Kier molecular flexibility index (Phi) is 2.29. The molecule has 0 saturated carbocycles. The van der Waals surface area contributed by atoms with Gasteiger partial charge in [-0.1, -0.05) is 0 Å². The van der Waals surface area contributed by atoms with Gasteiger partial charge in [0.25, 0.3) is 0 Å². The predicted octanol–water partition coefficient (Wildman–Crippen LogP) is 2.35. The van der Waals surface area contributed by atoms with E-state index in [0.29, 0.717) is 0 Å². The standard InChI is InChI=1S/C3HI2NS/c4-2-1-6-7-3(2)5/h1H. The van der Waals surface area contributed by atoms with Crippen molar-refractivity contribution in [3.05, 3.63) is 12.7 Å². The Bertz CT molecular complexity index is 145. The molecule has 0 fully saturated rings. The first-order valence-electron chi connectivity index (χ1n) is 1.56. The van der Waals surface area contributed by atoms with E-state index in [2.05, 4.69) is 49.6 Å². The molecule has 0 unspecified atom stereocenters. The smallest absolute Gasteiger partial charge is 0.0993 e. The monoisotopic (exact) mass is 337 g/mol. The molecule has 0 aliphatic heterocycles. The van der Waals surface area contributed by atoms with Crippen LogP contribution in [0.3, 0.4) is 0 Å². The highest BCUT2D eigenvalue weighted by Crippen LogP contribution is 2.16. The molecule has 0 atom stereocenters. The zero-order chi connectivity index (χ0) is 5.28. The van der Waals surface area contributed by atoms with E-state index in [9.17, 15) is 0 Å². The van der Waals surface area contributed by atoms with Crippen LogP contribution < -0.4 is 0 Å². The lowest BCUT2D eigenvalue weighted by Crippen LogP contribution is -1.58. The van der Waals surface area contributed by atoms with Crippen LogP contribution in [0.1, 0.15) is 0 Å².